The number of carbonyl (C=O) groups excluding carboxylic acids is 3. The first-order chi connectivity index (χ1) is 15.5. The van der Waals surface area contributed by atoms with Crippen molar-refractivity contribution < 1.29 is 33.0 Å². The van der Waals surface area contributed by atoms with E-state index in [4.69, 9.17) is 4.74 Å². The number of hydrogen-bond donors (Lipinski definition) is 1. The van der Waals surface area contributed by atoms with Gasteiger partial charge in [0.05, 0.1) is 6.10 Å². The summed E-state index contributed by atoms with van der Waals surface area (Å²) >= 11 is 0. The number of Topliss-reactive ketones (excluding diaryl/α,β-unsaturated/α-hetero) is 1. The molecule has 4 aliphatic rings. The molecule has 0 saturated heterocycles. The molecule has 0 bridgehead atoms. The highest BCUT2D eigenvalue weighted by Crippen LogP contribution is 2.69. The number of hydrogen-bond acceptors (Lipinski definition) is 5. The Morgan fingerprint density at radius 1 is 1.30 bits per heavy atom. The van der Waals surface area contributed by atoms with E-state index in [0.29, 0.717) is 31.3 Å². The molecule has 4 rings (SSSR count). The lowest BCUT2D eigenvalue weighted by atomic mass is 9.46. The number of esters is 1. The van der Waals surface area contributed by atoms with Crippen LogP contribution in [-0.2, 0) is 19.1 Å². The van der Waals surface area contributed by atoms with E-state index < -0.39 is 58.5 Å². The maximum absolute atomic E-state index is 14.8. The molecule has 0 aliphatic heterocycles. The predicted molar refractivity (Wildman–Crippen MR) is 117 cm³/mol. The lowest BCUT2D eigenvalue weighted by Gasteiger charge is -2.59. The number of rotatable bonds is 5. The van der Waals surface area contributed by atoms with Crippen molar-refractivity contribution >= 4 is 17.5 Å². The van der Waals surface area contributed by atoms with Gasteiger partial charge in [-0.05, 0) is 55.6 Å². The Morgan fingerprint density at radius 2 is 2.00 bits per heavy atom. The number of aliphatic hydroxyl groups excluding tert-OH is 1. The van der Waals surface area contributed by atoms with Crippen molar-refractivity contribution in [1.29, 1.82) is 0 Å². The second-order valence-corrected chi connectivity index (χ2v) is 10.9. The Balaban J connectivity index is 1.79. The first-order valence-electron chi connectivity index (χ1n) is 12.1. The van der Waals surface area contributed by atoms with Crippen molar-refractivity contribution in [2.24, 2.45) is 34.5 Å². The molecule has 0 aromatic rings. The zero-order valence-electron chi connectivity index (χ0n) is 19.8. The van der Waals surface area contributed by atoms with E-state index in [2.05, 4.69) is 0 Å². The normalized spacial score (nSPS) is 44.2. The molecular formula is C26H34F2O5. The number of allylic oxidation sites excluding steroid dienone is 4. The fourth-order valence-corrected chi connectivity index (χ4v) is 8.13. The average Bonchev–Trinajstić information content (AvgIpc) is 2.97. The van der Waals surface area contributed by atoms with Gasteiger partial charge in [0.2, 0.25) is 11.6 Å². The smallest absolute Gasteiger partial charge is 0.306 e. The summed E-state index contributed by atoms with van der Waals surface area (Å²) < 4.78 is 34.6. The quantitative estimate of drug-likeness (QED) is 0.609. The number of ether oxygens (including phenoxy) is 1. The van der Waals surface area contributed by atoms with Gasteiger partial charge in [-0.2, -0.15) is 0 Å². The number of ketones is 2. The van der Waals surface area contributed by atoms with Gasteiger partial charge in [-0.25, -0.2) is 8.78 Å². The summed E-state index contributed by atoms with van der Waals surface area (Å²) in [6.07, 6.45) is 4.35. The highest BCUT2D eigenvalue weighted by Gasteiger charge is 2.73. The van der Waals surface area contributed by atoms with Crippen LogP contribution in [0.1, 0.15) is 66.2 Å². The van der Waals surface area contributed by atoms with Gasteiger partial charge in [0.1, 0.15) is 0 Å². The van der Waals surface area contributed by atoms with E-state index in [1.807, 2.05) is 27.7 Å². The molecule has 3 saturated carbocycles. The van der Waals surface area contributed by atoms with E-state index >= 15 is 0 Å². The number of carbonyl (C=O) groups is 3. The van der Waals surface area contributed by atoms with Crippen molar-refractivity contribution in [1.82, 2.24) is 0 Å². The van der Waals surface area contributed by atoms with Gasteiger partial charge in [0.15, 0.2) is 18.1 Å². The molecule has 0 unspecified atom stereocenters. The van der Waals surface area contributed by atoms with Crippen LogP contribution >= 0.6 is 0 Å². The van der Waals surface area contributed by atoms with Crippen molar-refractivity contribution in [2.75, 3.05) is 6.67 Å². The van der Waals surface area contributed by atoms with Gasteiger partial charge < -0.3 is 9.84 Å². The van der Waals surface area contributed by atoms with Gasteiger partial charge in [0, 0.05) is 29.1 Å². The molecule has 0 aromatic carbocycles. The third-order valence-corrected chi connectivity index (χ3v) is 9.39. The molecule has 5 nitrogen and oxygen atoms in total. The zero-order valence-corrected chi connectivity index (χ0v) is 19.8. The summed E-state index contributed by atoms with van der Waals surface area (Å²) in [6.45, 7) is 6.14. The molecule has 0 heterocycles. The summed E-state index contributed by atoms with van der Waals surface area (Å²) in [4.78, 5) is 37.7. The fourth-order valence-electron chi connectivity index (χ4n) is 8.13. The van der Waals surface area contributed by atoms with Gasteiger partial charge in [-0.1, -0.05) is 33.8 Å². The van der Waals surface area contributed by atoms with Crippen LogP contribution in [-0.4, -0.2) is 41.0 Å². The third kappa shape index (κ3) is 3.14. The third-order valence-electron chi connectivity index (χ3n) is 9.39. The molecule has 0 aromatic heterocycles. The Bertz CT molecular complexity index is 941. The zero-order chi connectivity index (χ0) is 24.3. The van der Waals surface area contributed by atoms with Crippen LogP contribution in [0.4, 0.5) is 8.78 Å². The first-order valence-corrected chi connectivity index (χ1v) is 12.1. The van der Waals surface area contributed by atoms with Crippen LogP contribution in [0.2, 0.25) is 0 Å². The van der Waals surface area contributed by atoms with Gasteiger partial charge in [0.25, 0.3) is 0 Å². The topological polar surface area (TPSA) is 80.7 Å². The highest BCUT2D eigenvalue weighted by atomic mass is 19.1. The SMILES string of the molecule is CCCC(=O)O[C@@]1(C(=O)CF)[C@@H](C)C[C@H]2[C@@H]3CCC4=C(F)C(=O)C=C[C@]4(C)[C@H]3[C@@H](O)C[C@@]21C. The molecule has 3 fully saturated rings. The standard InChI is InChI=1S/C26H34F2O5/c1-5-6-21(32)33-26(20(31)13-27)14(2)11-17-15-7-8-16-23(28)18(29)9-10-24(16,3)22(15)19(30)12-25(17,26)4/h9-10,14-15,17,19,22,30H,5-8,11-13H2,1-4H3/t14-,15-,17-,19-,22+,24-,25-,26+/m0/s1. The van der Waals surface area contributed by atoms with E-state index in [1.54, 1.807) is 6.08 Å². The molecule has 8 atom stereocenters. The highest BCUT2D eigenvalue weighted by molar-refractivity contribution is 6.04. The van der Waals surface area contributed by atoms with E-state index in [1.165, 1.54) is 6.08 Å². The van der Waals surface area contributed by atoms with E-state index in [9.17, 15) is 28.3 Å². The van der Waals surface area contributed by atoms with Crippen molar-refractivity contribution in [3.8, 4) is 0 Å². The van der Waals surface area contributed by atoms with Crippen LogP contribution in [0.5, 0.6) is 0 Å². The molecule has 0 radical (unpaired) electrons. The second-order valence-electron chi connectivity index (χ2n) is 10.9. The molecule has 33 heavy (non-hydrogen) atoms. The molecule has 1 N–H and O–H groups in total. The van der Waals surface area contributed by atoms with Crippen LogP contribution in [0.25, 0.3) is 0 Å². The minimum Gasteiger partial charge on any atom is -0.450 e. The van der Waals surface area contributed by atoms with Crippen LogP contribution in [0.3, 0.4) is 0 Å². The molecule has 182 valence electrons. The molecular weight excluding hydrogens is 430 g/mol. The summed E-state index contributed by atoms with van der Waals surface area (Å²) in [5.74, 6) is -3.59. The lowest BCUT2D eigenvalue weighted by molar-refractivity contribution is -0.204. The molecule has 0 amide bonds. The summed E-state index contributed by atoms with van der Waals surface area (Å²) in [5.41, 5.74) is -2.95. The van der Waals surface area contributed by atoms with Crippen molar-refractivity contribution in [2.45, 2.75) is 77.9 Å². The second kappa shape index (κ2) is 8.10. The Kier molecular flexibility index (Phi) is 5.95. The largest absolute Gasteiger partial charge is 0.450 e. The first kappa shape index (κ1) is 24.2. The number of alkyl halides is 1. The van der Waals surface area contributed by atoms with Gasteiger partial charge in [-0.3, -0.25) is 14.4 Å². The maximum Gasteiger partial charge on any atom is 0.306 e. The van der Waals surface area contributed by atoms with E-state index in [0.717, 1.165) is 0 Å². The Morgan fingerprint density at radius 3 is 2.64 bits per heavy atom. The summed E-state index contributed by atoms with van der Waals surface area (Å²) in [5, 5.41) is 11.5. The summed E-state index contributed by atoms with van der Waals surface area (Å²) in [7, 11) is 0. The van der Waals surface area contributed by atoms with Gasteiger partial charge >= 0.3 is 5.97 Å². The monoisotopic (exact) mass is 464 g/mol. The fraction of sp³-hybridized carbons (Fsp3) is 0.731. The Hall–Kier alpha value is -1.89. The number of halogens is 2. The number of aliphatic hydroxyl groups is 1. The minimum absolute atomic E-state index is 0.0836. The summed E-state index contributed by atoms with van der Waals surface area (Å²) in [6, 6.07) is 0. The lowest BCUT2D eigenvalue weighted by Crippen LogP contribution is -2.64. The van der Waals surface area contributed by atoms with Crippen molar-refractivity contribution in [3.63, 3.8) is 0 Å². The maximum atomic E-state index is 14.8. The molecule has 4 aliphatic carbocycles. The molecule has 7 heteroatoms. The van der Waals surface area contributed by atoms with Crippen molar-refractivity contribution in [3.05, 3.63) is 23.6 Å². The Labute approximate surface area is 193 Å². The van der Waals surface area contributed by atoms with E-state index in [-0.39, 0.29) is 30.6 Å². The predicted octanol–water partition coefficient (Wildman–Crippen LogP) is 4.43. The average molecular weight is 465 g/mol. The van der Waals surface area contributed by atoms with Crippen LogP contribution in [0.15, 0.2) is 23.6 Å². The number of fused-ring (bicyclic) bond motifs is 5. The molecule has 0 spiro atoms. The minimum atomic E-state index is -1.63. The van der Waals surface area contributed by atoms with Crippen LogP contribution in [0, 0.1) is 34.5 Å². The van der Waals surface area contributed by atoms with Gasteiger partial charge in [-0.15, -0.1) is 0 Å². The van der Waals surface area contributed by atoms with Crippen LogP contribution < -0.4 is 0 Å².